The monoisotopic (exact) mass is 378 g/mol. The van der Waals surface area contributed by atoms with Crippen molar-refractivity contribution in [2.24, 2.45) is 0 Å². The van der Waals surface area contributed by atoms with E-state index in [1.165, 1.54) is 5.57 Å². The van der Waals surface area contributed by atoms with E-state index in [0.29, 0.717) is 0 Å². The fraction of sp³-hybridized carbons (Fsp3) is 0.118. The zero-order valence-electron chi connectivity index (χ0n) is 11.0. The summed E-state index contributed by atoms with van der Waals surface area (Å²) in [5.41, 5.74) is 4.31. The zero-order valence-corrected chi connectivity index (χ0v) is 13.2. The average molecular weight is 378 g/mol. The van der Waals surface area contributed by atoms with Gasteiger partial charge in [0.2, 0.25) is 0 Å². The molecular weight excluding hydrogens is 363 g/mol. The van der Waals surface area contributed by atoms with Crippen LogP contribution in [0.1, 0.15) is 17.5 Å². The Morgan fingerprint density at radius 1 is 1.35 bits per heavy atom. The number of hydrogen-bond acceptors (Lipinski definition) is 2. The van der Waals surface area contributed by atoms with Crippen molar-refractivity contribution in [1.82, 2.24) is 0 Å². The minimum Gasteiger partial charge on any atom is -0.453 e. The molecule has 2 nitrogen and oxygen atoms in total. The molecule has 0 saturated carbocycles. The highest BCUT2D eigenvalue weighted by Gasteiger charge is 2.12. The van der Waals surface area contributed by atoms with E-state index in [0.717, 1.165) is 23.1 Å². The lowest BCUT2D eigenvalue weighted by Gasteiger charge is -2.15. The van der Waals surface area contributed by atoms with Gasteiger partial charge in [0.05, 0.1) is 22.6 Å². The van der Waals surface area contributed by atoms with Crippen LogP contribution in [0.3, 0.4) is 0 Å². The van der Waals surface area contributed by atoms with E-state index in [9.17, 15) is 4.79 Å². The van der Waals surface area contributed by atoms with Crippen LogP contribution in [0.5, 0.6) is 0 Å². The van der Waals surface area contributed by atoms with Crippen LogP contribution >= 0.6 is 22.6 Å². The predicted molar refractivity (Wildman–Crippen MR) is 91.7 cm³/mol. The molecule has 0 aromatic heterocycles. The van der Waals surface area contributed by atoms with Crippen molar-refractivity contribution in [3.63, 3.8) is 0 Å². The summed E-state index contributed by atoms with van der Waals surface area (Å²) >= 11 is 1.65. The lowest BCUT2D eigenvalue weighted by Crippen LogP contribution is -2.04. The number of allylic oxidation sites excluding steroid dienone is 5. The second-order valence-corrected chi connectivity index (χ2v) is 5.19. The van der Waals surface area contributed by atoms with Gasteiger partial charge in [0, 0.05) is 5.57 Å². The number of benzene rings is 1. The van der Waals surface area contributed by atoms with Crippen LogP contribution in [0.2, 0.25) is 0 Å². The number of ether oxygens (including phenoxy) is 1. The Morgan fingerprint density at radius 3 is 2.80 bits per heavy atom. The lowest BCUT2D eigenvalue weighted by molar-refractivity contribution is 0.193. The van der Waals surface area contributed by atoms with Crippen LogP contribution in [0.15, 0.2) is 60.7 Å². The highest BCUT2D eigenvalue weighted by Crippen LogP contribution is 2.28. The summed E-state index contributed by atoms with van der Waals surface area (Å²) in [4.78, 5) is 11.1. The van der Waals surface area contributed by atoms with E-state index in [-0.39, 0.29) is 10.6 Å². The molecule has 2 rings (SSSR count). The highest BCUT2D eigenvalue weighted by atomic mass is 127. The minimum absolute atomic E-state index is 0.278. The first-order chi connectivity index (χ1) is 9.72. The van der Waals surface area contributed by atoms with Crippen LogP contribution in [0, 0.1) is 0 Å². The summed E-state index contributed by atoms with van der Waals surface area (Å²) in [6.45, 7) is 4.13. The third-order valence-corrected chi connectivity index (χ3v) is 3.42. The fourth-order valence-electron chi connectivity index (χ4n) is 2.16. The van der Waals surface area contributed by atoms with Crippen molar-refractivity contribution in [1.29, 1.82) is 0 Å². The van der Waals surface area contributed by atoms with Gasteiger partial charge in [-0.1, -0.05) is 61.2 Å². The average Bonchev–Trinajstić information content (AvgIpc) is 2.49. The molecule has 0 atom stereocenters. The molecule has 0 saturated heterocycles. The minimum atomic E-state index is -0.299. The summed E-state index contributed by atoms with van der Waals surface area (Å²) in [7, 11) is 0. The number of carbonyl (C=O) groups is 1. The summed E-state index contributed by atoms with van der Waals surface area (Å²) in [5, 5.41) is 0. The summed E-state index contributed by atoms with van der Waals surface area (Å²) in [6.07, 6.45) is 10.8. The Labute approximate surface area is 132 Å². The van der Waals surface area contributed by atoms with Gasteiger partial charge in [-0.15, -0.1) is 0 Å². The van der Waals surface area contributed by atoms with Gasteiger partial charge >= 0.3 is 3.98 Å². The maximum absolute atomic E-state index is 11.1. The Hall–Kier alpha value is -1.62. The molecule has 0 unspecified atom stereocenters. The molecule has 102 valence electrons. The van der Waals surface area contributed by atoms with Crippen molar-refractivity contribution in [3.05, 3.63) is 71.8 Å². The van der Waals surface area contributed by atoms with Crippen LogP contribution < -0.4 is 0 Å². The largest absolute Gasteiger partial charge is 0.453 e. The smallest absolute Gasteiger partial charge is 0.367 e. The molecular formula is C17H15IO2. The van der Waals surface area contributed by atoms with Gasteiger partial charge < -0.3 is 4.74 Å². The number of rotatable bonds is 4. The third kappa shape index (κ3) is 3.70. The molecule has 0 aliphatic heterocycles. The molecule has 1 aliphatic rings. The lowest BCUT2D eigenvalue weighted by atomic mass is 9.93. The molecule has 0 amide bonds. The molecule has 0 fully saturated rings. The summed E-state index contributed by atoms with van der Waals surface area (Å²) in [6, 6.07) is 8.00. The molecule has 0 radical (unpaired) electrons. The van der Waals surface area contributed by atoms with E-state index in [2.05, 4.69) is 18.7 Å². The first-order valence-electron chi connectivity index (χ1n) is 6.31. The second-order valence-electron chi connectivity index (χ2n) is 4.31. The van der Waals surface area contributed by atoms with Gasteiger partial charge in [-0.2, -0.15) is 0 Å². The molecule has 1 aliphatic carbocycles. The first kappa shape index (κ1) is 14.8. The Bertz CT molecular complexity index is 609. The number of halogens is 1. The van der Waals surface area contributed by atoms with E-state index in [1.54, 1.807) is 22.6 Å². The molecule has 3 heteroatoms. The molecule has 20 heavy (non-hydrogen) atoms. The fourth-order valence-corrected chi connectivity index (χ4v) is 2.31. The van der Waals surface area contributed by atoms with Gasteiger partial charge in [-0.25, -0.2) is 4.79 Å². The molecule has 0 spiro atoms. The van der Waals surface area contributed by atoms with Crippen molar-refractivity contribution in [3.8, 4) is 0 Å². The molecule has 0 bridgehead atoms. The van der Waals surface area contributed by atoms with Crippen molar-refractivity contribution in [2.45, 2.75) is 6.42 Å². The van der Waals surface area contributed by atoms with Gasteiger partial charge in [0.25, 0.3) is 0 Å². The van der Waals surface area contributed by atoms with Crippen LogP contribution in [0.4, 0.5) is 4.79 Å². The Morgan fingerprint density at radius 2 is 2.15 bits per heavy atom. The third-order valence-electron chi connectivity index (χ3n) is 3.11. The maximum atomic E-state index is 11.1. The molecule has 1 aromatic rings. The Balaban J connectivity index is 2.45. The van der Waals surface area contributed by atoms with Crippen LogP contribution in [-0.2, 0) is 4.74 Å². The van der Waals surface area contributed by atoms with E-state index < -0.39 is 0 Å². The van der Waals surface area contributed by atoms with E-state index in [4.69, 9.17) is 4.74 Å². The quantitative estimate of drug-likeness (QED) is 0.534. The van der Waals surface area contributed by atoms with E-state index in [1.807, 2.05) is 42.5 Å². The van der Waals surface area contributed by atoms with E-state index >= 15 is 0 Å². The predicted octanol–water partition coefficient (Wildman–Crippen LogP) is 5.17. The standard InChI is InChI=1S/C17H15IO2/c1-2-13-8-6-7-11-15(13)16(12-20-17(18)19)14-9-4-3-5-10-14/h2-9,11H,1,10,12H2/b16-14-. The summed E-state index contributed by atoms with van der Waals surface area (Å²) < 4.78 is 4.91. The van der Waals surface area contributed by atoms with Crippen LogP contribution in [0.25, 0.3) is 11.6 Å². The van der Waals surface area contributed by atoms with Crippen molar-refractivity contribution in [2.75, 3.05) is 6.61 Å². The van der Waals surface area contributed by atoms with Gasteiger partial charge in [-0.3, -0.25) is 0 Å². The number of hydrogen-bond donors (Lipinski definition) is 0. The summed E-state index contributed by atoms with van der Waals surface area (Å²) in [5.74, 6) is 0. The van der Waals surface area contributed by atoms with Gasteiger partial charge in [-0.05, 0) is 23.1 Å². The number of carbonyl (C=O) groups excluding carboxylic acids is 1. The topological polar surface area (TPSA) is 26.3 Å². The highest BCUT2D eigenvalue weighted by molar-refractivity contribution is 14.1. The maximum Gasteiger partial charge on any atom is 0.367 e. The van der Waals surface area contributed by atoms with Crippen molar-refractivity contribution < 1.29 is 9.53 Å². The normalized spacial score (nSPS) is 15.8. The van der Waals surface area contributed by atoms with Gasteiger partial charge in [0.1, 0.15) is 6.61 Å². The molecule has 0 heterocycles. The van der Waals surface area contributed by atoms with Crippen molar-refractivity contribution >= 4 is 38.2 Å². The first-order valence-corrected chi connectivity index (χ1v) is 7.39. The Kier molecular flexibility index (Phi) is 5.35. The molecule has 1 aromatic carbocycles. The molecule has 0 N–H and O–H groups in total. The zero-order chi connectivity index (χ0) is 14.4. The SMILES string of the molecule is C=Cc1ccccc1/C(COC(=O)I)=C1/C=CC=CC1. The van der Waals surface area contributed by atoms with Crippen LogP contribution in [-0.4, -0.2) is 10.6 Å². The second kappa shape index (κ2) is 7.24. The van der Waals surface area contributed by atoms with Gasteiger partial charge in [0.15, 0.2) is 0 Å².